The van der Waals surface area contributed by atoms with Crippen molar-refractivity contribution in [2.75, 3.05) is 24.1 Å². The van der Waals surface area contributed by atoms with Gasteiger partial charge in [0.2, 0.25) is 11.8 Å². The predicted molar refractivity (Wildman–Crippen MR) is 77.8 cm³/mol. The lowest BCUT2D eigenvalue weighted by molar-refractivity contribution is -0.123. The summed E-state index contributed by atoms with van der Waals surface area (Å²) < 4.78 is 13.6. The van der Waals surface area contributed by atoms with E-state index < -0.39 is 11.9 Å². The second kappa shape index (κ2) is 6.09. The van der Waals surface area contributed by atoms with Crippen LogP contribution in [0.4, 0.5) is 15.8 Å². The monoisotopic (exact) mass is 294 g/mol. The maximum Gasteiger partial charge on any atom is 0.241 e. The van der Waals surface area contributed by atoms with E-state index in [2.05, 4.69) is 5.32 Å². The molecule has 0 saturated carbocycles. The molecule has 0 bridgehead atoms. The number of amides is 2. The average Bonchev–Trinajstić information content (AvgIpc) is 2.91. The Morgan fingerprint density at radius 1 is 1.48 bits per heavy atom. The van der Waals surface area contributed by atoms with Crippen LogP contribution in [-0.4, -0.2) is 35.8 Å². The number of anilines is 2. The van der Waals surface area contributed by atoms with Crippen molar-refractivity contribution >= 4 is 23.2 Å². The van der Waals surface area contributed by atoms with Gasteiger partial charge >= 0.3 is 0 Å². The second-order valence-corrected chi connectivity index (χ2v) is 5.29. The molecular formula is C14H19FN4O2. The molecule has 1 heterocycles. The number of rotatable bonds is 4. The standard InChI is InChI=1S/C14H19FN4O2/c1-8(19-5-4-9(7-19)13(17)20)14(21)18-12-6-10(16)2-3-11(12)15/h2-3,6,8-9H,4-5,7,16H2,1H3,(H2,17,20)(H,18,21). The highest BCUT2D eigenvalue weighted by Gasteiger charge is 2.32. The van der Waals surface area contributed by atoms with Crippen LogP contribution in [0.2, 0.25) is 0 Å². The molecule has 0 aromatic heterocycles. The Kier molecular flexibility index (Phi) is 4.42. The fourth-order valence-electron chi connectivity index (χ4n) is 2.41. The molecule has 2 amide bonds. The van der Waals surface area contributed by atoms with E-state index in [0.717, 1.165) is 0 Å². The van der Waals surface area contributed by atoms with Crippen LogP contribution in [0.1, 0.15) is 13.3 Å². The average molecular weight is 294 g/mol. The Bertz CT molecular complexity index is 564. The van der Waals surface area contributed by atoms with E-state index >= 15 is 0 Å². The van der Waals surface area contributed by atoms with Gasteiger partial charge in [0, 0.05) is 12.2 Å². The van der Waals surface area contributed by atoms with Gasteiger partial charge in [0.05, 0.1) is 17.6 Å². The third kappa shape index (κ3) is 3.49. The van der Waals surface area contributed by atoms with Gasteiger partial charge in [0.25, 0.3) is 0 Å². The van der Waals surface area contributed by atoms with Gasteiger partial charge in [0.15, 0.2) is 0 Å². The largest absolute Gasteiger partial charge is 0.399 e. The molecule has 1 saturated heterocycles. The molecule has 21 heavy (non-hydrogen) atoms. The molecule has 6 nitrogen and oxygen atoms in total. The van der Waals surface area contributed by atoms with Crippen LogP contribution in [0.15, 0.2) is 18.2 Å². The maximum absolute atomic E-state index is 13.6. The number of hydrogen-bond donors (Lipinski definition) is 3. The summed E-state index contributed by atoms with van der Waals surface area (Å²) in [6, 6.07) is 3.52. The van der Waals surface area contributed by atoms with Crippen molar-refractivity contribution in [2.24, 2.45) is 11.7 Å². The molecule has 7 heteroatoms. The van der Waals surface area contributed by atoms with Crippen LogP contribution in [0, 0.1) is 11.7 Å². The first-order valence-corrected chi connectivity index (χ1v) is 6.77. The highest BCUT2D eigenvalue weighted by atomic mass is 19.1. The molecule has 2 rings (SSSR count). The lowest BCUT2D eigenvalue weighted by atomic mass is 10.1. The molecule has 1 aliphatic heterocycles. The van der Waals surface area contributed by atoms with Crippen LogP contribution in [0.5, 0.6) is 0 Å². The molecule has 1 aromatic rings. The van der Waals surface area contributed by atoms with E-state index in [4.69, 9.17) is 11.5 Å². The van der Waals surface area contributed by atoms with E-state index in [9.17, 15) is 14.0 Å². The van der Waals surface area contributed by atoms with Crippen LogP contribution < -0.4 is 16.8 Å². The first-order chi connectivity index (χ1) is 9.88. The van der Waals surface area contributed by atoms with E-state index in [0.29, 0.717) is 25.2 Å². The minimum absolute atomic E-state index is 0.0532. The quantitative estimate of drug-likeness (QED) is 0.705. The molecular weight excluding hydrogens is 275 g/mol. The fraction of sp³-hybridized carbons (Fsp3) is 0.429. The van der Waals surface area contributed by atoms with Crippen LogP contribution >= 0.6 is 0 Å². The van der Waals surface area contributed by atoms with Gasteiger partial charge in [-0.2, -0.15) is 0 Å². The summed E-state index contributed by atoms with van der Waals surface area (Å²) in [5.74, 6) is -1.47. The summed E-state index contributed by atoms with van der Waals surface area (Å²) in [4.78, 5) is 25.2. The van der Waals surface area contributed by atoms with Crippen molar-refractivity contribution in [1.82, 2.24) is 4.90 Å². The molecule has 5 N–H and O–H groups in total. The number of hydrogen-bond acceptors (Lipinski definition) is 4. The highest BCUT2D eigenvalue weighted by molar-refractivity contribution is 5.95. The van der Waals surface area contributed by atoms with E-state index in [1.807, 2.05) is 4.90 Å². The first-order valence-electron chi connectivity index (χ1n) is 6.77. The Morgan fingerprint density at radius 3 is 2.81 bits per heavy atom. The smallest absolute Gasteiger partial charge is 0.241 e. The van der Waals surface area contributed by atoms with Crippen molar-refractivity contribution in [3.63, 3.8) is 0 Å². The Labute approximate surface area is 122 Å². The Hall–Kier alpha value is -2.15. The maximum atomic E-state index is 13.6. The molecule has 0 spiro atoms. The number of nitrogen functional groups attached to an aromatic ring is 1. The molecule has 1 aromatic carbocycles. The summed E-state index contributed by atoms with van der Waals surface area (Å²) >= 11 is 0. The third-order valence-electron chi connectivity index (χ3n) is 3.80. The molecule has 2 unspecified atom stereocenters. The zero-order chi connectivity index (χ0) is 15.6. The molecule has 0 radical (unpaired) electrons. The molecule has 1 fully saturated rings. The van der Waals surface area contributed by atoms with Crippen LogP contribution in [0.25, 0.3) is 0 Å². The lowest BCUT2D eigenvalue weighted by Gasteiger charge is -2.23. The number of primary amides is 1. The fourth-order valence-corrected chi connectivity index (χ4v) is 2.41. The van der Waals surface area contributed by atoms with Gasteiger partial charge in [-0.1, -0.05) is 0 Å². The van der Waals surface area contributed by atoms with Crippen LogP contribution in [0.3, 0.4) is 0 Å². The van der Waals surface area contributed by atoms with Crippen molar-refractivity contribution in [3.8, 4) is 0 Å². The SMILES string of the molecule is CC(C(=O)Nc1cc(N)ccc1F)N1CCC(C(N)=O)C1. The van der Waals surface area contributed by atoms with Gasteiger partial charge in [0.1, 0.15) is 5.82 Å². The van der Waals surface area contributed by atoms with Gasteiger partial charge in [-0.15, -0.1) is 0 Å². The summed E-state index contributed by atoms with van der Waals surface area (Å²) in [6.07, 6.45) is 0.638. The summed E-state index contributed by atoms with van der Waals surface area (Å²) in [5.41, 5.74) is 11.3. The van der Waals surface area contributed by atoms with Crippen molar-refractivity contribution in [1.29, 1.82) is 0 Å². The number of carbonyl (C=O) groups is 2. The lowest BCUT2D eigenvalue weighted by Crippen LogP contribution is -2.41. The molecule has 2 atom stereocenters. The minimum Gasteiger partial charge on any atom is -0.399 e. The number of carbonyl (C=O) groups excluding carboxylic acids is 2. The number of likely N-dealkylation sites (tertiary alicyclic amines) is 1. The number of benzene rings is 1. The highest BCUT2D eigenvalue weighted by Crippen LogP contribution is 2.21. The zero-order valence-electron chi connectivity index (χ0n) is 11.8. The van der Waals surface area contributed by atoms with Gasteiger partial charge in [-0.05, 0) is 38.1 Å². The Morgan fingerprint density at radius 2 is 2.19 bits per heavy atom. The van der Waals surface area contributed by atoms with E-state index in [1.54, 1.807) is 6.92 Å². The summed E-state index contributed by atoms with van der Waals surface area (Å²) in [6.45, 7) is 2.77. The van der Waals surface area contributed by atoms with Crippen molar-refractivity contribution in [3.05, 3.63) is 24.0 Å². The van der Waals surface area contributed by atoms with Crippen molar-refractivity contribution in [2.45, 2.75) is 19.4 Å². The number of halogens is 1. The van der Waals surface area contributed by atoms with Gasteiger partial charge < -0.3 is 16.8 Å². The Balaban J connectivity index is 2.00. The normalized spacial score (nSPS) is 20.2. The topological polar surface area (TPSA) is 101 Å². The number of nitrogens with zero attached hydrogens (tertiary/aromatic N) is 1. The number of nitrogens with one attached hydrogen (secondary N) is 1. The summed E-state index contributed by atoms with van der Waals surface area (Å²) in [7, 11) is 0. The third-order valence-corrected chi connectivity index (χ3v) is 3.80. The summed E-state index contributed by atoms with van der Waals surface area (Å²) in [5, 5.41) is 2.52. The molecule has 0 aliphatic carbocycles. The second-order valence-electron chi connectivity index (χ2n) is 5.29. The van der Waals surface area contributed by atoms with Gasteiger partial charge in [-0.3, -0.25) is 14.5 Å². The van der Waals surface area contributed by atoms with E-state index in [-0.39, 0.29) is 23.4 Å². The number of nitrogens with two attached hydrogens (primary N) is 2. The van der Waals surface area contributed by atoms with Crippen LogP contribution in [-0.2, 0) is 9.59 Å². The minimum atomic E-state index is -0.541. The molecule has 1 aliphatic rings. The zero-order valence-corrected chi connectivity index (χ0v) is 11.8. The van der Waals surface area contributed by atoms with Crippen molar-refractivity contribution < 1.29 is 14.0 Å². The van der Waals surface area contributed by atoms with E-state index in [1.165, 1.54) is 18.2 Å². The molecule has 114 valence electrons. The van der Waals surface area contributed by atoms with Gasteiger partial charge in [-0.25, -0.2) is 4.39 Å². The predicted octanol–water partition coefficient (Wildman–Crippen LogP) is 0.542. The first kappa shape index (κ1) is 15.2.